The number of Topliss-reactive ketones (excluding diaryl/α,β-unsaturated/α-hetero) is 1. The first-order chi connectivity index (χ1) is 15.6. The highest BCUT2D eigenvalue weighted by molar-refractivity contribution is 6.01. The summed E-state index contributed by atoms with van der Waals surface area (Å²) in [4.78, 5) is 24.8. The second-order valence-electron chi connectivity index (χ2n) is 7.71. The predicted molar refractivity (Wildman–Crippen MR) is 112 cm³/mol. The zero-order valence-corrected chi connectivity index (χ0v) is 17.1. The van der Waals surface area contributed by atoms with E-state index in [0.717, 1.165) is 12.1 Å². The maximum Gasteiger partial charge on any atom is 0.416 e. The first-order valence-corrected chi connectivity index (χ1v) is 10.0. The van der Waals surface area contributed by atoms with Crippen molar-refractivity contribution in [1.29, 1.82) is 5.26 Å². The van der Waals surface area contributed by atoms with Crippen molar-refractivity contribution in [3.8, 4) is 6.07 Å². The van der Waals surface area contributed by atoms with Gasteiger partial charge in [0.25, 0.3) is 5.69 Å². The van der Waals surface area contributed by atoms with E-state index >= 15 is 0 Å². The summed E-state index contributed by atoms with van der Waals surface area (Å²) in [6.45, 7) is 0. The van der Waals surface area contributed by atoms with Crippen molar-refractivity contribution in [2.45, 2.75) is 31.4 Å². The number of carbonyl (C=O) groups is 1. The van der Waals surface area contributed by atoms with E-state index in [9.17, 15) is 33.3 Å². The monoisotopic (exact) mass is 454 g/mol. The van der Waals surface area contributed by atoms with E-state index in [1.165, 1.54) is 41.3 Å². The number of nitriles is 1. The molecule has 1 aliphatic heterocycles. The molecular formula is C23H17F3N4O3. The summed E-state index contributed by atoms with van der Waals surface area (Å²) < 4.78 is 39.9. The number of non-ortho nitro benzene ring substituents is 1. The Morgan fingerprint density at radius 3 is 2.45 bits per heavy atom. The van der Waals surface area contributed by atoms with E-state index in [2.05, 4.69) is 0 Å². The molecule has 2 aromatic carbocycles. The fraction of sp³-hybridized carbons (Fsp3) is 0.217. The second kappa shape index (κ2) is 8.09. The molecule has 2 N–H and O–H groups in total. The highest BCUT2D eigenvalue weighted by Crippen LogP contribution is 2.47. The Hall–Kier alpha value is -4.13. The molecule has 1 aliphatic carbocycles. The van der Waals surface area contributed by atoms with Crippen LogP contribution in [0.4, 0.5) is 24.5 Å². The number of nitrogens with zero attached hydrogens (tertiary/aromatic N) is 3. The molecule has 2 aromatic rings. The van der Waals surface area contributed by atoms with Crippen LogP contribution < -0.4 is 10.6 Å². The Balaban J connectivity index is 1.92. The van der Waals surface area contributed by atoms with Gasteiger partial charge in [0.15, 0.2) is 5.78 Å². The molecule has 0 amide bonds. The molecule has 7 nitrogen and oxygen atoms in total. The summed E-state index contributed by atoms with van der Waals surface area (Å²) in [5, 5.41) is 20.9. The van der Waals surface area contributed by atoms with E-state index in [-0.39, 0.29) is 40.5 Å². The summed E-state index contributed by atoms with van der Waals surface area (Å²) in [5.74, 6) is -1.17. The normalized spacial score (nSPS) is 18.8. The molecular weight excluding hydrogens is 437 g/mol. The van der Waals surface area contributed by atoms with Gasteiger partial charge in [-0.15, -0.1) is 0 Å². The predicted octanol–water partition coefficient (Wildman–Crippen LogP) is 4.92. The van der Waals surface area contributed by atoms with E-state index in [1.807, 2.05) is 6.07 Å². The van der Waals surface area contributed by atoms with E-state index in [1.54, 1.807) is 0 Å². The second-order valence-corrected chi connectivity index (χ2v) is 7.71. The summed E-state index contributed by atoms with van der Waals surface area (Å²) in [5.41, 5.74) is 6.57. The molecule has 4 rings (SSSR count). The van der Waals surface area contributed by atoms with Crippen LogP contribution in [0.2, 0.25) is 0 Å². The minimum absolute atomic E-state index is 0.00438. The number of hydrogen-bond acceptors (Lipinski definition) is 6. The lowest BCUT2D eigenvalue weighted by Crippen LogP contribution is -2.38. The van der Waals surface area contributed by atoms with Crippen molar-refractivity contribution in [2.75, 3.05) is 4.90 Å². The third-order valence-corrected chi connectivity index (χ3v) is 5.78. The van der Waals surface area contributed by atoms with Crippen LogP contribution in [0.15, 0.2) is 71.2 Å². The average Bonchev–Trinajstić information content (AvgIpc) is 2.78. The summed E-state index contributed by atoms with van der Waals surface area (Å²) >= 11 is 0. The maximum absolute atomic E-state index is 13.3. The molecule has 0 saturated heterocycles. The standard InChI is InChI=1S/C23H17F3N4O3/c24-23(25,26)14-3-1-4-16(11-14)29-18-5-2-6-19(31)21(18)20(17(12-27)22(29)28)13-7-9-15(10-8-13)30(32)33/h1,3-4,7-11,20H,2,5-6,28H2/t20-/m0/s1. The Morgan fingerprint density at radius 2 is 1.85 bits per heavy atom. The Kier molecular flexibility index (Phi) is 5.41. The number of alkyl halides is 3. The molecule has 0 radical (unpaired) electrons. The van der Waals surface area contributed by atoms with Crippen LogP contribution in [0, 0.1) is 21.4 Å². The molecule has 2 aliphatic rings. The van der Waals surface area contributed by atoms with Crippen LogP contribution >= 0.6 is 0 Å². The lowest BCUT2D eigenvalue weighted by molar-refractivity contribution is -0.384. The Labute approximate surface area is 186 Å². The molecule has 0 saturated carbocycles. The quantitative estimate of drug-likeness (QED) is 0.520. The number of allylic oxidation sites excluding steroid dienone is 3. The van der Waals surface area contributed by atoms with Crippen LogP contribution in [0.1, 0.15) is 36.3 Å². The zero-order chi connectivity index (χ0) is 23.9. The van der Waals surface area contributed by atoms with E-state index < -0.39 is 22.6 Å². The average molecular weight is 454 g/mol. The van der Waals surface area contributed by atoms with Crippen LogP contribution in [-0.4, -0.2) is 10.7 Å². The fourth-order valence-electron chi connectivity index (χ4n) is 4.32. The highest BCUT2D eigenvalue weighted by atomic mass is 19.4. The molecule has 1 heterocycles. The van der Waals surface area contributed by atoms with Gasteiger partial charge in [-0.3, -0.25) is 19.8 Å². The SMILES string of the molecule is N#CC1=C(N)N(c2cccc(C(F)(F)F)c2)C2=C(C(=O)CCC2)[C@H]1c1ccc([N+](=O)[O-])cc1. The van der Waals surface area contributed by atoms with Crippen LogP contribution in [0.25, 0.3) is 0 Å². The number of nitro groups is 1. The number of hydrogen-bond donors (Lipinski definition) is 1. The third kappa shape index (κ3) is 3.82. The van der Waals surface area contributed by atoms with Gasteiger partial charge in [-0.2, -0.15) is 18.4 Å². The molecule has 0 bridgehead atoms. The number of carbonyl (C=O) groups excluding carboxylic acids is 1. The van der Waals surface area contributed by atoms with Crippen LogP contribution in [0.3, 0.4) is 0 Å². The van der Waals surface area contributed by atoms with Crippen molar-refractivity contribution in [3.63, 3.8) is 0 Å². The summed E-state index contributed by atoms with van der Waals surface area (Å²) in [7, 11) is 0. The molecule has 0 unspecified atom stereocenters. The van der Waals surface area contributed by atoms with Crippen molar-refractivity contribution in [3.05, 3.63) is 92.4 Å². The van der Waals surface area contributed by atoms with E-state index in [0.29, 0.717) is 24.1 Å². The maximum atomic E-state index is 13.3. The number of ketones is 1. The van der Waals surface area contributed by atoms with Gasteiger partial charge < -0.3 is 5.73 Å². The molecule has 10 heteroatoms. The van der Waals surface area contributed by atoms with Gasteiger partial charge in [0.2, 0.25) is 0 Å². The number of benzene rings is 2. The molecule has 0 spiro atoms. The molecule has 33 heavy (non-hydrogen) atoms. The highest BCUT2D eigenvalue weighted by Gasteiger charge is 2.41. The molecule has 1 atom stereocenters. The zero-order valence-electron chi connectivity index (χ0n) is 17.1. The van der Waals surface area contributed by atoms with Gasteiger partial charge >= 0.3 is 6.18 Å². The van der Waals surface area contributed by atoms with Gasteiger partial charge in [-0.05, 0) is 36.6 Å². The number of nitrogens with two attached hydrogens (primary N) is 1. The van der Waals surface area contributed by atoms with Crippen molar-refractivity contribution >= 4 is 17.2 Å². The Morgan fingerprint density at radius 1 is 1.15 bits per heavy atom. The fourth-order valence-corrected chi connectivity index (χ4v) is 4.32. The first-order valence-electron chi connectivity index (χ1n) is 10.0. The van der Waals surface area contributed by atoms with Gasteiger partial charge in [0, 0.05) is 35.5 Å². The number of nitro benzene ring substituents is 1. The van der Waals surface area contributed by atoms with E-state index in [4.69, 9.17) is 5.73 Å². The summed E-state index contributed by atoms with van der Waals surface area (Å²) in [6.07, 6.45) is -3.50. The van der Waals surface area contributed by atoms with Crippen molar-refractivity contribution < 1.29 is 22.9 Å². The van der Waals surface area contributed by atoms with Crippen molar-refractivity contribution in [2.24, 2.45) is 5.73 Å². The Bertz CT molecular complexity index is 1260. The largest absolute Gasteiger partial charge is 0.416 e. The smallest absolute Gasteiger partial charge is 0.384 e. The van der Waals surface area contributed by atoms with Crippen LogP contribution in [0.5, 0.6) is 0 Å². The number of anilines is 1. The van der Waals surface area contributed by atoms with Crippen molar-refractivity contribution in [1.82, 2.24) is 0 Å². The first kappa shape index (κ1) is 22.1. The van der Waals surface area contributed by atoms with Gasteiger partial charge in [-0.25, -0.2) is 0 Å². The van der Waals surface area contributed by atoms with Gasteiger partial charge in [-0.1, -0.05) is 18.2 Å². The lowest BCUT2D eigenvalue weighted by Gasteiger charge is -2.39. The molecule has 0 fully saturated rings. The number of halogens is 3. The van der Waals surface area contributed by atoms with Gasteiger partial charge in [0.05, 0.1) is 28.0 Å². The minimum Gasteiger partial charge on any atom is -0.384 e. The van der Waals surface area contributed by atoms with Gasteiger partial charge in [0.1, 0.15) is 5.82 Å². The minimum atomic E-state index is -4.58. The summed E-state index contributed by atoms with van der Waals surface area (Å²) in [6, 6.07) is 12.0. The molecule has 168 valence electrons. The molecule has 0 aromatic heterocycles. The topological polar surface area (TPSA) is 113 Å². The lowest BCUT2D eigenvalue weighted by atomic mass is 9.75. The number of rotatable bonds is 3. The third-order valence-electron chi connectivity index (χ3n) is 5.78. The van der Waals surface area contributed by atoms with Crippen LogP contribution in [-0.2, 0) is 11.0 Å².